The summed E-state index contributed by atoms with van der Waals surface area (Å²) >= 11 is 3.30. The van der Waals surface area contributed by atoms with Crippen LogP contribution in [-0.4, -0.2) is 26.6 Å². The minimum Gasteiger partial charge on any atom is -0.471 e. The van der Waals surface area contributed by atoms with Gasteiger partial charge >= 0.3 is 6.61 Å². The molecule has 0 aliphatic heterocycles. The fraction of sp³-hybridized carbons (Fsp3) is 0.133. The second-order valence-electron chi connectivity index (χ2n) is 4.75. The summed E-state index contributed by atoms with van der Waals surface area (Å²) in [6.07, 6.45) is 3.11. The van der Waals surface area contributed by atoms with E-state index in [1.807, 2.05) is 0 Å². The van der Waals surface area contributed by atoms with Gasteiger partial charge in [-0.1, -0.05) is 21.1 Å². The van der Waals surface area contributed by atoms with Crippen LogP contribution in [0.5, 0.6) is 11.6 Å². The summed E-state index contributed by atoms with van der Waals surface area (Å²) in [6.45, 7) is -3.02. The number of nitrogens with zero attached hydrogens (tertiary/aromatic N) is 4. The van der Waals surface area contributed by atoms with Crippen LogP contribution in [0.4, 0.5) is 13.2 Å². The van der Waals surface area contributed by atoms with Crippen molar-refractivity contribution in [1.82, 2.24) is 20.0 Å². The molecule has 2 heterocycles. The van der Waals surface area contributed by atoms with Crippen LogP contribution in [0.15, 0.2) is 47.2 Å². The third-order valence-electron chi connectivity index (χ3n) is 3.00. The third-order valence-corrected chi connectivity index (χ3v) is 3.49. The lowest BCUT2D eigenvalue weighted by atomic mass is 10.3. The molecule has 0 saturated heterocycles. The Bertz CT molecular complexity index is 875. The van der Waals surface area contributed by atoms with Crippen LogP contribution in [0, 0.1) is 5.82 Å². The van der Waals surface area contributed by atoms with E-state index in [9.17, 15) is 13.2 Å². The van der Waals surface area contributed by atoms with Crippen LogP contribution < -0.4 is 9.47 Å². The fourth-order valence-corrected chi connectivity index (χ4v) is 2.24. The first-order valence-electron chi connectivity index (χ1n) is 6.91. The fourth-order valence-electron chi connectivity index (χ4n) is 1.92. The zero-order chi connectivity index (χ0) is 17.8. The van der Waals surface area contributed by atoms with Gasteiger partial charge in [0.05, 0.1) is 11.9 Å². The van der Waals surface area contributed by atoms with Gasteiger partial charge in [-0.3, -0.25) is 0 Å². The number of ether oxygens (including phenoxy) is 2. The number of alkyl halides is 2. The molecule has 1 aromatic carbocycles. The zero-order valence-corrected chi connectivity index (χ0v) is 14.0. The maximum atomic E-state index is 13.5. The van der Waals surface area contributed by atoms with Crippen molar-refractivity contribution >= 4 is 15.9 Å². The molecule has 0 atom stereocenters. The SMILES string of the molecule is Fc1ccc(-n2cc(COc3cc(Br)ccn3)nn2)cc1OC(F)F. The topological polar surface area (TPSA) is 62.1 Å². The number of rotatable bonds is 6. The molecule has 2 aromatic heterocycles. The largest absolute Gasteiger partial charge is 0.471 e. The highest BCUT2D eigenvalue weighted by Crippen LogP contribution is 2.23. The maximum Gasteiger partial charge on any atom is 0.387 e. The first-order chi connectivity index (χ1) is 12.0. The summed E-state index contributed by atoms with van der Waals surface area (Å²) in [5, 5.41) is 7.77. The molecule has 0 spiro atoms. The number of pyridine rings is 1. The van der Waals surface area contributed by atoms with Crippen molar-refractivity contribution in [1.29, 1.82) is 0 Å². The highest BCUT2D eigenvalue weighted by atomic mass is 79.9. The van der Waals surface area contributed by atoms with Crippen LogP contribution in [0.2, 0.25) is 0 Å². The Hall–Kier alpha value is -2.62. The van der Waals surface area contributed by atoms with Gasteiger partial charge in [-0.25, -0.2) is 14.1 Å². The third kappa shape index (κ3) is 4.47. The van der Waals surface area contributed by atoms with Gasteiger partial charge in [0.2, 0.25) is 5.88 Å². The van der Waals surface area contributed by atoms with Gasteiger partial charge < -0.3 is 9.47 Å². The average molecular weight is 415 g/mol. The van der Waals surface area contributed by atoms with Gasteiger partial charge in [-0.15, -0.1) is 5.10 Å². The minimum absolute atomic E-state index is 0.102. The standard InChI is InChI=1S/C15H10BrF3N4O2/c16-9-3-4-20-14(5-9)24-8-10-7-23(22-21-10)11-1-2-12(17)13(6-11)25-15(18)19/h1-7,15H,8H2. The molecule has 0 N–H and O–H groups in total. The van der Waals surface area contributed by atoms with E-state index in [4.69, 9.17) is 4.74 Å². The summed E-state index contributed by atoms with van der Waals surface area (Å²) in [5.41, 5.74) is 0.791. The van der Waals surface area contributed by atoms with Crippen LogP contribution in [0.25, 0.3) is 5.69 Å². The Morgan fingerprint density at radius 2 is 2.04 bits per heavy atom. The normalized spacial score (nSPS) is 10.9. The van der Waals surface area contributed by atoms with Gasteiger partial charge in [0.1, 0.15) is 12.3 Å². The van der Waals surface area contributed by atoms with Gasteiger partial charge in [0, 0.05) is 22.8 Å². The molecular weight excluding hydrogens is 405 g/mol. The second-order valence-corrected chi connectivity index (χ2v) is 5.66. The first kappa shape index (κ1) is 17.2. The molecule has 130 valence electrons. The Labute approximate surface area is 148 Å². The zero-order valence-electron chi connectivity index (χ0n) is 12.4. The van der Waals surface area contributed by atoms with Gasteiger partial charge in [-0.05, 0) is 18.2 Å². The van der Waals surface area contributed by atoms with Crippen molar-refractivity contribution in [2.45, 2.75) is 13.2 Å². The van der Waals surface area contributed by atoms with E-state index < -0.39 is 18.2 Å². The van der Waals surface area contributed by atoms with E-state index in [0.717, 1.165) is 16.6 Å². The molecule has 0 aliphatic rings. The molecular formula is C15H10BrF3N4O2. The number of hydrogen-bond acceptors (Lipinski definition) is 5. The second kappa shape index (κ2) is 7.51. The van der Waals surface area contributed by atoms with Crippen molar-refractivity contribution in [3.8, 4) is 17.3 Å². The highest BCUT2D eigenvalue weighted by molar-refractivity contribution is 9.10. The van der Waals surface area contributed by atoms with Crippen molar-refractivity contribution in [2.24, 2.45) is 0 Å². The van der Waals surface area contributed by atoms with E-state index in [1.165, 1.54) is 16.9 Å². The number of aromatic nitrogens is 4. The van der Waals surface area contributed by atoms with Crippen LogP contribution >= 0.6 is 15.9 Å². The molecule has 0 amide bonds. The van der Waals surface area contributed by atoms with Crippen LogP contribution in [-0.2, 0) is 6.61 Å². The lowest BCUT2D eigenvalue weighted by Gasteiger charge is -2.07. The van der Waals surface area contributed by atoms with Crippen molar-refractivity contribution in [3.63, 3.8) is 0 Å². The average Bonchev–Trinajstić information content (AvgIpc) is 3.04. The number of benzene rings is 1. The first-order valence-corrected chi connectivity index (χ1v) is 7.71. The van der Waals surface area contributed by atoms with Gasteiger partial charge in [0.25, 0.3) is 0 Å². The smallest absolute Gasteiger partial charge is 0.387 e. The Morgan fingerprint density at radius 1 is 1.20 bits per heavy atom. The van der Waals surface area contributed by atoms with E-state index >= 15 is 0 Å². The Kier molecular flexibility index (Phi) is 5.17. The molecule has 0 bridgehead atoms. The lowest BCUT2D eigenvalue weighted by molar-refractivity contribution is -0.0521. The quantitative estimate of drug-likeness (QED) is 0.614. The Morgan fingerprint density at radius 3 is 2.80 bits per heavy atom. The summed E-state index contributed by atoms with van der Waals surface area (Å²) in [4.78, 5) is 4.03. The van der Waals surface area contributed by atoms with Gasteiger partial charge in [0.15, 0.2) is 11.6 Å². The number of halogens is 4. The molecule has 0 fully saturated rings. The van der Waals surface area contributed by atoms with E-state index in [2.05, 4.69) is 36.0 Å². The summed E-state index contributed by atoms with van der Waals surface area (Å²) in [7, 11) is 0. The molecule has 0 radical (unpaired) electrons. The maximum absolute atomic E-state index is 13.5. The lowest BCUT2D eigenvalue weighted by Crippen LogP contribution is -2.05. The molecule has 6 nitrogen and oxygen atoms in total. The molecule has 3 aromatic rings. The molecule has 0 saturated carbocycles. The predicted octanol–water partition coefficient (Wildman–Crippen LogP) is 3.74. The molecule has 25 heavy (non-hydrogen) atoms. The Balaban J connectivity index is 1.73. The monoisotopic (exact) mass is 414 g/mol. The van der Waals surface area contributed by atoms with Crippen LogP contribution in [0.1, 0.15) is 5.69 Å². The van der Waals surface area contributed by atoms with Crippen LogP contribution in [0.3, 0.4) is 0 Å². The van der Waals surface area contributed by atoms with Gasteiger partial charge in [-0.2, -0.15) is 8.78 Å². The number of hydrogen-bond donors (Lipinski definition) is 0. The molecule has 0 unspecified atom stereocenters. The highest BCUT2D eigenvalue weighted by Gasteiger charge is 2.12. The summed E-state index contributed by atoms with van der Waals surface area (Å²) in [6, 6.07) is 6.94. The van der Waals surface area contributed by atoms with E-state index in [0.29, 0.717) is 17.3 Å². The van der Waals surface area contributed by atoms with Crippen molar-refractivity contribution < 1.29 is 22.6 Å². The van der Waals surface area contributed by atoms with Crippen molar-refractivity contribution in [3.05, 3.63) is 58.7 Å². The molecule has 3 rings (SSSR count). The molecule has 0 aliphatic carbocycles. The van der Waals surface area contributed by atoms with E-state index in [-0.39, 0.29) is 6.61 Å². The van der Waals surface area contributed by atoms with Crippen molar-refractivity contribution in [2.75, 3.05) is 0 Å². The predicted molar refractivity (Wildman–Crippen MR) is 84.2 cm³/mol. The summed E-state index contributed by atoms with van der Waals surface area (Å²) < 4.78 is 49.7. The summed E-state index contributed by atoms with van der Waals surface area (Å²) in [5.74, 6) is -1.06. The molecule has 10 heteroatoms. The minimum atomic E-state index is -3.12. The van der Waals surface area contributed by atoms with E-state index in [1.54, 1.807) is 18.3 Å².